The van der Waals surface area contributed by atoms with Crippen LogP contribution in [0.5, 0.6) is 0 Å². The third-order valence-electron chi connectivity index (χ3n) is 5.18. The third-order valence-corrected chi connectivity index (χ3v) is 6.32. The minimum Gasteiger partial charge on any atom is -0.288 e. The molecule has 5 rings (SSSR count). The number of hydrogen-bond acceptors (Lipinski definition) is 5. The fourth-order valence-electron chi connectivity index (χ4n) is 3.87. The van der Waals surface area contributed by atoms with Gasteiger partial charge in [-0.25, -0.2) is 9.97 Å². The Morgan fingerprint density at radius 2 is 2.07 bits per heavy atom. The number of benzene rings is 1. The third kappa shape index (κ3) is 3.05. The number of hydrogen-bond donors (Lipinski definition) is 0. The van der Waals surface area contributed by atoms with E-state index in [4.69, 9.17) is 9.97 Å². The molecule has 1 aliphatic heterocycles. The van der Waals surface area contributed by atoms with E-state index in [1.165, 1.54) is 9.71 Å². The molecule has 1 atom stereocenters. The van der Waals surface area contributed by atoms with Crippen LogP contribution >= 0.6 is 11.3 Å². The Labute approximate surface area is 160 Å². The van der Waals surface area contributed by atoms with Crippen molar-refractivity contribution in [3.05, 3.63) is 75.3 Å². The fraction of sp³-hybridized carbons (Fsp3) is 0.286. The summed E-state index contributed by atoms with van der Waals surface area (Å²) in [7, 11) is 0. The molecule has 0 amide bonds. The molecule has 1 aromatic carbocycles. The molecule has 5 nitrogen and oxygen atoms in total. The lowest BCUT2D eigenvalue weighted by atomic mass is 10.2. The average Bonchev–Trinajstić information content (AvgIpc) is 3.28. The summed E-state index contributed by atoms with van der Waals surface area (Å²) in [5.41, 5.74) is 3.64. The molecular weight excluding hydrogens is 356 g/mol. The molecule has 0 N–H and O–H groups in total. The molecule has 27 heavy (non-hydrogen) atoms. The highest BCUT2D eigenvalue weighted by Crippen LogP contribution is 2.37. The van der Waals surface area contributed by atoms with Gasteiger partial charge in [-0.05, 0) is 50.1 Å². The Hall–Kier alpha value is -2.57. The van der Waals surface area contributed by atoms with Crippen LogP contribution in [0.25, 0.3) is 15.9 Å². The Morgan fingerprint density at radius 1 is 1.19 bits per heavy atom. The van der Waals surface area contributed by atoms with E-state index in [0.717, 1.165) is 36.2 Å². The van der Waals surface area contributed by atoms with Crippen molar-refractivity contribution in [3.8, 4) is 0 Å². The minimum absolute atomic E-state index is 0.0190. The van der Waals surface area contributed by atoms with Crippen LogP contribution in [0.1, 0.15) is 35.1 Å². The van der Waals surface area contributed by atoms with E-state index in [9.17, 15) is 4.79 Å². The first kappa shape index (κ1) is 16.6. The summed E-state index contributed by atoms with van der Waals surface area (Å²) in [6.07, 6.45) is 4.09. The van der Waals surface area contributed by atoms with Crippen molar-refractivity contribution in [1.29, 1.82) is 0 Å². The van der Waals surface area contributed by atoms with Gasteiger partial charge in [-0.15, -0.1) is 11.3 Å². The average molecular weight is 376 g/mol. The molecule has 1 fully saturated rings. The van der Waals surface area contributed by atoms with Crippen LogP contribution in [-0.4, -0.2) is 25.8 Å². The first-order chi connectivity index (χ1) is 13.2. The van der Waals surface area contributed by atoms with Crippen LogP contribution in [0.2, 0.25) is 0 Å². The normalized spacial score (nSPS) is 17.9. The van der Waals surface area contributed by atoms with E-state index in [-0.39, 0.29) is 5.56 Å². The Kier molecular flexibility index (Phi) is 4.02. The fourth-order valence-corrected chi connectivity index (χ4v) is 5.01. The molecule has 0 spiro atoms. The molecule has 1 aliphatic rings. The molecule has 0 radical (unpaired) electrons. The van der Waals surface area contributed by atoms with Crippen molar-refractivity contribution in [2.75, 3.05) is 6.54 Å². The molecule has 0 unspecified atom stereocenters. The van der Waals surface area contributed by atoms with E-state index >= 15 is 0 Å². The molecule has 4 heterocycles. The Balaban J connectivity index is 1.46. The monoisotopic (exact) mass is 376 g/mol. The number of aromatic nitrogens is 3. The second kappa shape index (κ2) is 6.55. The van der Waals surface area contributed by atoms with Crippen LogP contribution in [0, 0.1) is 6.92 Å². The van der Waals surface area contributed by atoms with Crippen LogP contribution < -0.4 is 5.56 Å². The predicted molar refractivity (Wildman–Crippen MR) is 108 cm³/mol. The standard InChI is InChI=1S/C21H20N4OS/c1-14-8-9-19-22-15(11-20(26)25(19)12-14)13-24-10-4-6-17(24)21-23-16-5-2-3-7-18(16)27-21/h2-3,5,7-9,11-12,17H,4,6,10,13H2,1H3/t17-/m1/s1. The molecule has 0 bridgehead atoms. The van der Waals surface area contributed by atoms with Gasteiger partial charge in [-0.1, -0.05) is 18.2 Å². The van der Waals surface area contributed by atoms with Gasteiger partial charge in [0.25, 0.3) is 5.56 Å². The number of likely N-dealkylation sites (tertiary alicyclic amines) is 1. The van der Waals surface area contributed by atoms with Gasteiger partial charge >= 0.3 is 0 Å². The van der Waals surface area contributed by atoms with E-state index in [1.54, 1.807) is 21.8 Å². The maximum absolute atomic E-state index is 12.5. The molecule has 136 valence electrons. The summed E-state index contributed by atoms with van der Waals surface area (Å²) in [5, 5.41) is 1.17. The summed E-state index contributed by atoms with van der Waals surface area (Å²) in [5.74, 6) is 0. The zero-order chi connectivity index (χ0) is 18.4. The van der Waals surface area contributed by atoms with Crippen LogP contribution in [0.15, 0.2) is 53.5 Å². The highest BCUT2D eigenvalue weighted by Gasteiger charge is 2.29. The number of para-hydroxylation sites is 1. The summed E-state index contributed by atoms with van der Waals surface area (Å²) >= 11 is 1.78. The van der Waals surface area contributed by atoms with E-state index < -0.39 is 0 Å². The topological polar surface area (TPSA) is 50.5 Å². The van der Waals surface area contributed by atoms with Gasteiger partial charge in [0.15, 0.2) is 0 Å². The number of nitrogens with zero attached hydrogens (tertiary/aromatic N) is 4. The van der Waals surface area contributed by atoms with Gasteiger partial charge < -0.3 is 0 Å². The maximum Gasteiger partial charge on any atom is 0.258 e. The number of thiazole rings is 1. The molecule has 4 aromatic rings. The number of rotatable bonds is 3. The zero-order valence-electron chi connectivity index (χ0n) is 15.1. The van der Waals surface area contributed by atoms with Crippen LogP contribution in [0.4, 0.5) is 0 Å². The van der Waals surface area contributed by atoms with Gasteiger partial charge in [0.05, 0.1) is 22.0 Å². The highest BCUT2D eigenvalue weighted by atomic mass is 32.1. The highest BCUT2D eigenvalue weighted by molar-refractivity contribution is 7.18. The van der Waals surface area contributed by atoms with Crippen molar-refractivity contribution < 1.29 is 0 Å². The molecular formula is C21H20N4OS. The lowest BCUT2D eigenvalue weighted by molar-refractivity contribution is 0.245. The van der Waals surface area contributed by atoms with Gasteiger partial charge in [-0.3, -0.25) is 14.1 Å². The van der Waals surface area contributed by atoms with Gasteiger partial charge in [0.1, 0.15) is 10.7 Å². The summed E-state index contributed by atoms with van der Waals surface area (Å²) in [6.45, 7) is 3.67. The smallest absolute Gasteiger partial charge is 0.258 e. The predicted octanol–water partition coefficient (Wildman–Crippen LogP) is 3.95. The van der Waals surface area contributed by atoms with Crippen LogP contribution in [0.3, 0.4) is 0 Å². The molecule has 1 saturated heterocycles. The van der Waals surface area contributed by atoms with Crippen LogP contribution in [-0.2, 0) is 6.54 Å². The van der Waals surface area contributed by atoms with Gasteiger partial charge in [0, 0.05) is 18.8 Å². The molecule has 0 aliphatic carbocycles. The van der Waals surface area contributed by atoms with E-state index in [2.05, 4.69) is 23.1 Å². The molecule has 0 saturated carbocycles. The summed E-state index contributed by atoms with van der Waals surface area (Å²) in [4.78, 5) is 24.5. The Bertz CT molecular complexity index is 1160. The van der Waals surface area contributed by atoms with Crippen molar-refractivity contribution in [2.24, 2.45) is 0 Å². The van der Waals surface area contributed by atoms with Crippen molar-refractivity contribution in [1.82, 2.24) is 19.3 Å². The molecule has 6 heteroatoms. The first-order valence-electron chi connectivity index (χ1n) is 9.26. The summed E-state index contributed by atoms with van der Waals surface area (Å²) in [6, 6.07) is 14.2. The molecule has 3 aromatic heterocycles. The SMILES string of the molecule is Cc1ccc2nc(CN3CCC[C@@H]3c3nc4ccccc4s3)cc(=O)n2c1. The minimum atomic E-state index is -0.0190. The number of pyridine rings is 1. The second-order valence-corrected chi connectivity index (χ2v) is 8.23. The van der Waals surface area contributed by atoms with Crippen molar-refractivity contribution >= 4 is 27.2 Å². The quantitative estimate of drug-likeness (QED) is 0.543. The first-order valence-corrected chi connectivity index (χ1v) is 10.1. The second-order valence-electron chi connectivity index (χ2n) is 7.17. The lowest BCUT2D eigenvalue weighted by Gasteiger charge is -2.22. The largest absolute Gasteiger partial charge is 0.288 e. The van der Waals surface area contributed by atoms with Crippen molar-refractivity contribution in [2.45, 2.75) is 32.4 Å². The van der Waals surface area contributed by atoms with Gasteiger partial charge in [0.2, 0.25) is 0 Å². The van der Waals surface area contributed by atoms with E-state index in [1.807, 2.05) is 31.3 Å². The maximum atomic E-state index is 12.5. The summed E-state index contributed by atoms with van der Waals surface area (Å²) < 4.78 is 2.85. The number of aryl methyl sites for hydroxylation is 1. The number of fused-ring (bicyclic) bond motifs is 2. The zero-order valence-corrected chi connectivity index (χ0v) is 15.9. The lowest BCUT2D eigenvalue weighted by Crippen LogP contribution is -2.25. The van der Waals surface area contributed by atoms with Gasteiger partial charge in [-0.2, -0.15) is 0 Å². The van der Waals surface area contributed by atoms with Crippen molar-refractivity contribution in [3.63, 3.8) is 0 Å². The van der Waals surface area contributed by atoms with E-state index in [0.29, 0.717) is 18.2 Å². The Morgan fingerprint density at radius 3 is 2.96 bits per heavy atom.